The Morgan fingerprint density at radius 3 is 2.55 bits per heavy atom. The van der Waals surface area contributed by atoms with Crippen LogP contribution in [0.1, 0.15) is 12.8 Å². The number of nitrogens with zero attached hydrogens (tertiary/aromatic N) is 1. The third-order valence-corrected chi connectivity index (χ3v) is 0.922. The zero-order valence-electron chi connectivity index (χ0n) is 5.22. The van der Waals surface area contributed by atoms with Crippen molar-refractivity contribution in [3.05, 3.63) is 0 Å². The monoisotopic (exact) mass is 171 g/mol. The van der Waals surface area contributed by atoms with Crippen LogP contribution in [-0.2, 0) is 14.9 Å². The van der Waals surface area contributed by atoms with Gasteiger partial charge in [0.25, 0.3) is 5.90 Å². The largest absolute Gasteiger partial charge is 0.389 e. The van der Waals surface area contributed by atoms with Crippen molar-refractivity contribution < 1.29 is 28.1 Å². The van der Waals surface area contributed by atoms with Crippen LogP contribution in [-0.4, -0.2) is 12.1 Å². The van der Waals surface area contributed by atoms with Crippen LogP contribution in [0.3, 0.4) is 0 Å². The summed E-state index contributed by atoms with van der Waals surface area (Å²) in [6.45, 7) is 0. The highest BCUT2D eigenvalue weighted by atomic mass is 19.4. The van der Waals surface area contributed by atoms with Crippen LogP contribution in [0, 0.1) is 0 Å². The van der Waals surface area contributed by atoms with E-state index in [4.69, 9.17) is 0 Å². The molecule has 0 radical (unpaired) electrons. The minimum atomic E-state index is -4.21. The Morgan fingerprint density at radius 1 is 1.36 bits per heavy atom. The summed E-state index contributed by atoms with van der Waals surface area (Å²) in [5, 5.41) is 6.76. The Bertz CT molecular complexity index is 166. The summed E-state index contributed by atoms with van der Waals surface area (Å²) >= 11 is 0. The van der Waals surface area contributed by atoms with Gasteiger partial charge in [0.05, 0.1) is 11.5 Å². The van der Waals surface area contributed by atoms with Crippen molar-refractivity contribution in [2.45, 2.75) is 19.0 Å². The quantitative estimate of drug-likeness (QED) is 0.591. The van der Waals surface area contributed by atoms with E-state index in [0.29, 0.717) is 0 Å². The van der Waals surface area contributed by atoms with Gasteiger partial charge in [-0.1, -0.05) is 0 Å². The lowest BCUT2D eigenvalue weighted by Gasteiger charge is -2.02. The van der Waals surface area contributed by atoms with E-state index in [9.17, 15) is 13.2 Å². The summed E-state index contributed by atoms with van der Waals surface area (Å²) < 4.78 is 34.6. The molecule has 1 rings (SSSR count). The van der Waals surface area contributed by atoms with Gasteiger partial charge in [-0.15, -0.1) is 0 Å². The maximum atomic E-state index is 11.5. The van der Waals surface area contributed by atoms with Crippen molar-refractivity contribution in [1.82, 2.24) is 0 Å². The van der Waals surface area contributed by atoms with E-state index in [-0.39, 0.29) is 12.3 Å². The lowest BCUT2D eigenvalue weighted by Crippen LogP contribution is -2.10. The van der Waals surface area contributed by atoms with Crippen molar-refractivity contribution >= 4 is 5.90 Å². The second kappa shape index (κ2) is 2.95. The second-order valence-corrected chi connectivity index (χ2v) is 1.83. The molecule has 0 fully saturated rings. The first-order chi connectivity index (χ1) is 5.08. The normalized spacial score (nSPS) is 17.2. The summed E-state index contributed by atoms with van der Waals surface area (Å²) in [5.74, 6) is -0.206. The zero-order chi connectivity index (χ0) is 8.32. The van der Waals surface area contributed by atoms with Gasteiger partial charge >= 0.3 is 6.18 Å². The fourth-order valence-electron chi connectivity index (χ4n) is 0.462. The first-order valence-corrected chi connectivity index (χ1v) is 2.72. The van der Waals surface area contributed by atoms with Gasteiger partial charge in [0.15, 0.2) is 0 Å². The Hall–Kier alpha value is -0.980. The third-order valence-electron chi connectivity index (χ3n) is 0.922. The first-order valence-electron chi connectivity index (χ1n) is 2.72. The predicted molar refractivity (Wildman–Crippen MR) is 26.0 cm³/mol. The molecule has 0 unspecified atom stereocenters. The SMILES string of the molecule is FC(F)(F)CCC1=NOOO1. The smallest absolute Gasteiger partial charge is 0.278 e. The average Bonchev–Trinajstić information content (AvgIpc) is 2.32. The van der Waals surface area contributed by atoms with Crippen molar-refractivity contribution in [3.8, 4) is 0 Å². The van der Waals surface area contributed by atoms with E-state index in [1.54, 1.807) is 0 Å². The summed E-state index contributed by atoms with van der Waals surface area (Å²) in [7, 11) is 0. The second-order valence-electron chi connectivity index (χ2n) is 1.83. The highest BCUT2D eigenvalue weighted by Crippen LogP contribution is 2.22. The molecule has 1 aliphatic rings. The van der Waals surface area contributed by atoms with Crippen LogP contribution in [0.25, 0.3) is 0 Å². The Morgan fingerprint density at radius 2 is 2.09 bits per heavy atom. The molecule has 0 aromatic heterocycles. The Balaban J connectivity index is 2.22. The van der Waals surface area contributed by atoms with E-state index in [1.165, 1.54) is 0 Å². The topological polar surface area (TPSA) is 40.0 Å². The molecule has 0 aromatic carbocycles. The molecule has 0 saturated heterocycles. The Labute approximate surface area is 59.4 Å². The van der Waals surface area contributed by atoms with Crippen molar-refractivity contribution in [2.24, 2.45) is 5.16 Å². The standard InChI is InChI=1S/C4H4F3NO3/c5-4(6,7)2-1-3-8-10-11-9-3/h1-2H2. The molecule has 0 N–H and O–H groups in total. The molecule has 7 heteroatoms. The van der Waals surface area contributed by atoms with Gasteiger partial charge in [-0.25, -0.2) is 0 Å². The predicted octanol–water partition coefficient (Wildman–Crippen LogP) is 1.54. The molecule has 0 saturated carbocycles. The molecule has 0 bridgehead atoms. The number of hydrogen-bond acceptors (Lipinski definition) is 4. The van der Waals surface area contributed by atoms with Crippen molar-refractivity contribution in [2.75, 3.05) is 0 Å². The van der Waals surface area contributed by atoms with E-state index in [0.717, 1.165) is 0 Å². The number of hydrogen-bond donors (Lipinski definition) is 0. The number of halogens is 3. The molecule has 1 heterocycles. The molecular formula is C4H4F3NO3. The van der Waals surface area contributed by atoms with Crippen molar-refractivity contribution in [3.63, 3.8) is 0 Å². The van der Waals surface area contributed by atoms with E-state index in [2.05, 4.69) is 20.1 Å². The summed E-state index contributed by atoms with van der Waals surface area (Å²) in [6.07, 6.45) is -5.59. The first kappa shape index (κ1) is 8.12. The number of alkyl halides is 3. The van der Waals surface area contributed by atoms with Gasteiger partial charge < -0.3 is 0 Å². The number of rotatable bonds is 2. The number of oxime groups is 1. The molecular weight excluding hydrogens is 167 g/mol. The van der Waals surface area contributed by atoms with Gasteiger partial charge in [0.1, 0.15) is 0 Å². The van der Waals surface area contributed by atoms with Gasteiger partial charge in [0.2, 0.25) is 0 Å². The molecule has 1 aliphatic heterocycles. The average molecular weight is 171 g/mol. The lowest BCUT2D eigenvalue weighted by molar-refractivity contribution is -0.452. The molecule has 0 aliphatic carbocycles. The van der Waals surface area contributed by atoms with E-state index in [1.807, 2.05) is 0 Å². The molecule has 0 aromatic rings. The summed E-state index contributed by atoms with van der Waals surface area (Å²) in [6, 6.07) is 0. The Kier molecular flexibility index (Phi) is 2.18. The molecule has 0 amide bonds. The minimum absolute atomic E-state index is 0.206. The van der Waals surface area contributed by atoms with E-state index >= 15 is 0 Å². The van der Waals surface area contributed by atoms with Crippen LogP contribution in [0.5, 0.6) is 0 Å². The van der Waals surface area contributed by atoms with Crippen molar-refractivity contribution in [1.29, 1.82) is 0 Å². The van der Waals surface area contributed by atoms with Crippen LogP contribution in [0.2, 0.25) is 0 Å². The molecule has 0 atom stereocenters. The molecule has 11 heavy (non-hydrogen) atoms. The van der Waals surface area contributed by atoms with Gasteiger partial charge in [0, 0.05) is 6.42 Å². The lowest BCUT2D eigenvalue weighted by atomic mass is 10.3. The molecule has 4 nitrogen and oxygen atoms in total. The summed E-state index contributed by atoms with van der Waals surface area (Å²) in [5.41, 5.74) is 0. The van der Waals surface area contributed by atoms with Crippen LogP contribution in [0.15, 0.2) is 5.16 Å². The fraction of sp³-hybridized carbons (Fsp3) is 0.750. The fourth-order valence-corrected chi connectivity index (χ4v) is 0.462. The van der Waals surface area contributed by atoms with Gasteiger partial charge in [-0.05, 0) is 5.16 Å². The maximum absolute atomic E-state index is 11.5. The van der Waals surface area contributed by atoms with E-state index < -0.39 is 12.6 Å². The molecule has 0 spiro atoms. The van der Waals surface area contributed by atoms with Gasteiger partial charge in [-0.2, -0.15) is 18.2 Å². The summed E-state index contributed by atoms with van der Waals surface area (Å²) in [4.78, 5) is 7.90. The van der Waals surface area contributed by atoms with Crippen LogP contribution in [0.4, 0.5) is 13.2 Å². The highest BCUT2D eigenvalue weighted by molar-refractivity contribution is 5.75. The molecule has 64 valence electrons. The zero-order valence-corrected chi connectivity index (χ0v) is 5.22. The van der Waals surface area contributed by atoms with Crippen LogP contribution >= 0.6 is 0 Å². The van der Waals surface area contributed by atoms with Crippen LogP contribution < -0.4 is 0 Å². The maximum Gasteiger partial charge on any atom is 0.389 e. The highest BCUT2D eigenvalue weighted by Gasteiger charge is 2.29. The van der Waals surface area contributed by atoms with Gasteiger partial charge in [-0.3, -0.25) is 4.89 Å². The third kappa shape index (κ3) is 3.08. The minimum Gasteiger partial charge on any atom is -0.278 e.